The molecule has 0 atom stereocenters. The molecule has 22 heavy (non-hydrogen) atoms. The van der Waals surface area contributed by atoms with Crippen LogP contribution in [-0.4, -0.2) is 14.3 Å². The summed E-state index contributed by atoms with van der Waals surface area (Å²) in [5.74, 6) is 0. The van der Waals surface area contributed by atoms with Crippen LogP contribution in [0.3, 0.4) is 0 Å². The maximum Gasteiger partial charge on any atom is 0.352 e. The van der Waals surface area contributed by atoms with Crippen molar-refractivity contribution in [3.63, 3.8) is 0 Å². The van der Waals surface area contributed by atoms with Crippen molar-refractivity contribution in [1.82, 2.24) is 14.3 Å². The van der Waals surface area contributed by atoms with Gasteiger partial charge in [-0.3, -0.25) is 9.36 Å². The van der Waals surface area contributed by atoms with Crippen molar-refractivity contribution >= 4 is 11.6 Å². The molecule has 0 radical (unpaired) electrons. The molecule has 0 aliphatic carbocycles. The monoisotopic (exact) mass is 313 g/mol. The topological polar surface area (TPSA) is 56.9 Å². The molecule has 0 aliphatic heterocycles. The Kier molecular flexibility index (Phi) is 3.89. The Balaban J connectivity index is 2.06. The second-order valence-electron chi connectivity index (χ2n) is 4.73. The molecule has 1 aromatic heterocycles. The van der Waals surface area contributed by atoms with Crippen molar-refractivity contribution in [2.24, 2.45) is 0 Å². The summed E-state index contributed by atoms with van der Waals surface area (Å²) < 4.78 is 2.35. The first-order valence-corrected chi connectivity index (χ1v) is 7.02. The fraction of sp³-hybridized carbons (Fsp3) is 0.0625. The predicted octanol–water partition coefficient (Wildman–Crippen LogP) is 2.10. The van der Waals surface area contributed by atoms with Gasteiger partial charge in [0.05, 0.1) is 12.2 Å². The Morgan fingerprint density at radius 2 is 1.64 bits per heavy atom. The lowest BCUT2D eigenvalue weighted by atomic mass is 10.2. The van der Waals surface area contributed by atoms with E-state index in [9.17, 15) is 9.59 Å². The molecule has 5 nitrogen and oxygen atoms in total. The van der Waals surface area contributed by atoms with Gasteiger partial charge in [-0.25, -0.2) is 4.79 Å². The third-order valence-electron chi connectivity index (χ3n) is 3.22. The number of nitrogens with zero attached hydrogens (tertiary/aromatic N) is 3. The van der Waals surface area contributed by atoms with Gasteiger partial charge in [-0.1, -0.05) is 41.9 Å². The van der Waals surface area contributed by atoms with E-state index in [0.29, 0.717) is 10.7 Å². The van der Waals surface area contributed by atoms with E-state index in [0.717, 1.165) is 16.3 Å². The van der Waals surface area contributed by atoms with Gasteiger partial charge in [0, 0.05) is 5.02 Å². The van der Waals surface area contributed by atoms with Gasteiger partial charge in [0.2, 0.25) is 0 Å². The van der Waals surface area contributed by atoms with Crippen LogP contribution >= 0.6 is 11.6 Å². The highest BCUT2D eigenvalue weighted by Crippen LogP contribution is 2.09. The summed E-state index contributed by atoms with van der Waals surface area (Å²) in [7, 11) is 0. The molecule has 0 N–H and O–H groups in total. The third kappa shape index (κ3) is 2.84. The third-order valence-corrected chi connectivity index (χ3v) is 3.47. The smallest absolute Gasteiger partial charge is 0.267 e. The number of para-hydroxylation sites is 1. The number of rotatable bonds is 3. The molecular formula is C16H12ClN3O2. The minimum Gasteiger partial charge on any atom is -0.267 e. The van der Waals surface area contributed by atoms with E-state index in [2.05, 4.69) is 5.10 Å². The van der Waals surface area contributed by atoms with Gasteiger partial charge in [-0.05, 0) is 29.8 Å². The van der Waals surface area contributed by atoms with E-state index in [1.54, 1.807) is 48.5 Å². The SMILES string of the molecule is O=c1cnn(-c2ccccc2)c(=O)n1Cc1ccc(Cl)cc1. The average Bonchev–Trinajstić information content (AvgIpc) is 2.54. The Hall–Kier alpha value is -2.66. The summed E-state index contributed by atoms with van der Waals surface area (Å²) in [6, 6.07) is 16.0. The van der Waals surface area contributed by atoms with Crippen molar-refractivity contribution < 1.29 is 0 Å². The standard InChI is InChI=1S/C16H12ClN3O2/c17-13-8-6-12(7-9-13)11-19-15(21)10-18-20(16(19)22)14-4-2-1-3-5-14/h1-10H,11H2. The molecule has 0 aliphatic rings. The normalized spacial score (nSPS) is 10.6. The van der Waals surface area contributed by atoms with Crippen LogP contribution in [0, 0.1) is 0 Å². The van der Waals surface area contributed by atoms with Crippen LogP contribution in [0.15, 0.2) is 70.4 Å². The Bertz CT molecular complexity index is 899. The highest BCUT2D eigenvalue weighted by Gasteiger charge is 2.08. The zero-order chi connectivity index (χ0) is 15.5. The summed E-state index contributed by atoms with van der Waals surface area (Å²) in [4.78, 5) is 24.5. The van der Waals surface area contributed by atoms with Crippen molar-refractivity contribution in [1.29, 1.82) is 0 Å². The molecule has 0 saturated carbocycles. The highest BCUT2D eigenvalue weighted by atomic mass is 35.5. The molecule has 0 fully saturated rings. The van der Waals surface area contributed by atoms with Gasteiger partial charge in [0.25, 0.3) is 5.56 Å². The summed E-state index contributed by atoms with van der Waals surface area (Å²) in [5, 5.41) is 4.52. The first-order chi connectivity index (χ1) is 10.6. The fourth-order valence-corrected chi connectivity index (χ4v) is 2.23. The lowest BCUT2D eigenvalue weighted by molar-refractivity contribution is 0.616. The van der Waals surface area contributed by atoms with Crippen molar-refractivity contribution in [3.05, 3.63) is 92.2 Å². The quantitative estimate of drug-likeness (QED) is 0.744. The average molecular weight is 314 g/mol. The predicted molar refractivity (Wildman–Crippen MR) is 84.6 cm³/mol. The summed E-state index contributed by atoms with van der Waals surface area (Å²) in [6.07, 6.45) is 1.14. The molecule has 2 aromatic carbocycles. The number of hydrogen-bond donors (Lipinski definition) is 0. The molecule has 3 rings (SSSR count). The lowest BCUT2D eigenvalue weighted by Crippen LogP contribution is -2.40. The van der Waals surface area contributed by atoms with Gasteiger partial charge in [0.1, 0.15) is 6.20 Å². The lowest BCUT2D eigenvalue weighted by Gasteiger charge is -2.08. The van der Waals surface area contributed by atoms with Crippen LogP contribution in [0.5, 0.6) is 0 Å². The largest absolute Gasteiger partial charge is 0.352 e. The zero-order valence-electron chi connectivity index (χ0n) is 11.5. The molecule has 1 heterocycles. The number of halogens is 1. The number of benzene rings is 2. The van der Waals surface area contributed by atoms with Gasteiger partial charge < -0.3 is 0 Å². The first-order valence-electron chi connectivity index (χ1n) is 6.64. The van der Waals surface area contributed by atoms with Crippen LogP contribution < -0.4 is 11.2 Å². The van der Waals surface area contributed by atoms with Crippen LogP contribution in [0.1, 0.15) is 5.56 Å². The van der Waals surface area contributed by atoms with Crippen LogP contribution in [-0.2, 0) is 6.54 Å². The maximum absolute atomic E-state index is 12.5. The van der Waals surface area contributed by atoms with E-state index < -0.39 is 11.2 Å². The summed E-state index contributed by atoms with van der Waals surface area (Å²) >= 11 is 5.84. The van der Waals surface area contributed by atoms with E-state index in [-0.39, 0.29) is 6.54 Å². The van der Waals surface area contributed by atoms with Gasteiger partial charge in [0.15, 0.2) is 0 Å². The molecule has 6 heteroatoms. The van der Waals surface area contributed by atoms with E-state index in [1.165, 1.54) is 4.68 Å². The molecule has 0 bridgehead atoms. The minimum atomic E-state index is -0.478. The molecule has 0 unspecified atom stereocenters. The van der Waals surface area contributed by atoms with E-state index in [1.807, 2.05) is 6.07 Å². The molecular weight excluding hydrogens is 302 g/mol. The molecule has 0 amide bonds. The highest BCUT2D eigenvalue weighted by molar-refractivity contribution is 6.30. The van der Waals surface area contributed by atoms with Crippen molar-refractivity contribution in [2.75, 3.05) is 0 Å². The summed E-state index contributed by atoms with van der Waals surface area (Å²) in [6.45, 7) is 0.171. The Morgan fingerprint density at radius 3 is 2.32 bits per heavy atom. The summed E-state index contributed by atoms with van der Waals surface area (Å²) in [5.41, 5.74) is 0.507. The van der Waals surface area contributed by atoms with E-state index in [4.69, 9.17) is 11.6 Å². The van der Waals surface area contributed by atoms with Gasteiger partial charge in [-0.2, -0.15) is 9.78 Å². The van der Waals surface area contributed by atoms with Crippen molar-refractivity contribution in [2.45, 2.75) is 6.54 Å². The Morgan fingerprint density at radius 1 is 0.955 bits per heavy atom. The fourth-order valence-electron chi connectivity index (χ4n) is 2.10. The van der Waals surface area contributed by atoms with Crippen LogP contribution in [0.4, 0.5) is 0 Å². The molecule has 110 valence electrons. The maximum atomic E-state index is 12.5. The zero-order valence-corrected chi connectivity index (χ0v) is 12.3. The van der Waals surface area contributed by atoms with Crippen LogP contribution in [0.25, 0.3) is 5.69 Å². The molecule has 3 aromatic rings. The minimum absolute atomic E-state index is 0.171. The second kappa shape index (κ2) is 5.99. The van der Waals surface area contributed by atoms with Crippen molar-refractivity contribution in [3.8, 4) is 5.69 Å². The molecule has 0 spiro atoms. The van der Waals surface area contributed by atoms with Gasteiger partial charge in [-0.15, -0.1) is 0 Å². The number of hydrogen-bond acceptors (Lipinski definition) is 3. The second-order valence-corrected chi connectivity index (χ2v) is 5.16. The molecule has 0 saturated heterocycles. The number of aromatic nitrogens is 3. The first kappa shape index (κ1) is 14.3. The van der Waals surface area contributed by atoms with Gasteiger partial charge >= 0.3 is 5.69 Å². The Labute approximate surface area is 131 Å². The van der Waals surface area contributed by atoms with Crippen LogP contribution in [0.2, 0.25) is 5.02 Å². The van der Waals surface area contributed by atoms with E-state index >= 15 is 0 Å².